The maximum atomic E-state index is 4.45. The Morgan fingerprint density at radius 3 is 2.58 bits per heavy atom. The minimum absolute atomic E-state index is 0.801. The summed E-state index contributed by atoms with van der Waals surface area (Å²) in [5, 5.41) is 3.26. The van der Waals surface area contributed by atoms with Crippen molar-refractivity contribution in [1.29, 1.82) is 0 Å². The number of H-pyrrole nitrogens is 1. The summed E-state index contributed by atoms with van der Waals surface area (Å²) in [6.45, 7) is 6.43. The second kappa shape index (κ2) is 2.90. The number of aromatic nitrogens is 2. The van der Waals surface area contributed by atoms with Gasteiger partial charge in [-0.2, -0.15) is 0 Å². The average molecular weight is 165 g/mol. The maximum Gasteiger partial charge on any atom is 0.106 e. The molecule has 0 atom stereocenters. The van der Waals surface area contributed by atoms with Crippen LogP contribution in [0.1, 0.15) is 17.2 Å². The highest BCUT2D eigenvalue weighted by Crippen LogP contribution is 2.11. The lowest BCUT2D eigenvalue weighted by atomic mass is 9.99. The van der Waals surface area contributed by atoms with Crippen molar-refractivity contribution in [2.45, 2.75) is 20.3 Å². The third kappa shape index (κ3) is 1.37. The molecule has 0 aliphatic carbocycles. The molecule has 1 saturated heterocycles. The van der Waals surface area contributed by atoms with E-state index in [1.807, 2.05) is 6.92 Å². The summed E-state index contributed by atoms with van der Waals surface area (Å²) in [5.74, 6) is 1.95. The van der Waals surface area contributed by atoms with Crippen LogP contribution in [0.3, 0.4) is 0 Å². The lowest BCUT2D eigenvalue weighted by Crippen LogP contribution is -2.43. The number of aromatic amines is 1. The Balaban J connectivity index is 2.02. The van der Waals surface area contributed by atoms with Crippen LogP contribution in [0.4, 0.5) is 0 Å². The van der Waals surface area contributed by atoms with Crippen LogP contribution in [0, 0.1) is 19.8 Å². The number of hydrogen-bond acceptors (Lipinski definition) is 2. The summed E-state index contributed by atoms with van der Waals surface area (Å²) in [7, 11) is 0. The van der Waals surface area contributed by atoms with Crippen LogP contribution in [0.15, 0.2) is 0 Å². The molecular formula is C9H15N3. The highest BCUT2D eigenvalue weighted by Gasteiger charge is 2.18. The van der Waals surface area contributed by atoms with Crippen LogP contribution >= 0.6 is 0 Å². The Morgan fingerprint density at radius 1 is 1.42 bits per heavy atom. The molecule has 0 bridgehead atoms. The minimum Gasteiger partial charge on any atom is -0.346 e. The van der Waals surface area contributed by atoms with Crippen molar-refractivity contribution in [3.63, 3.8) is 0 Å². The quantitative estimate of drug-likeness (QED) is 0.680. The summed E-state index contributed by atoms with van der Waals surface area (Å²) in [6, 6.07) is 0. The molecule has 1 aromatic rings. The molecule has 3 heteroatoms. The average Bonchev–Trinajstić information content (AvgIpc) is 2.24. The zero-order valence-corrected chi connectivity index (χ0v) is 7.65. The molecule has 1 fully saturated rings. The van der Waals surface area contributed by atoms with E-state index in [0.29, 0.717) is 0 Å². The summed E-state index contributed by atoms with van der Waals surface area (Å²) in [4.78, 5) is 7.75. The Bertz CT molecular complexity index is 254. The van der Waals surface area contributed by atoms with E-state index in [0.717, 1.165) is 36.9 Å². The fourth-order valence-corrected chi connectivity index (χ4v) is 1.48. The van der Waals surface area contributed by atoms with E-state index in [2.05, 4.69) is 22.2 Å². The van der Waals surface area contributed by atoms with Gasteiger partial charge in [-0.05, 0) is 32.9 Å². The van der Waals surface area contributed by atoms with E-state index in [1.54, 1.807) is 0 Å². The van der Waals surface area contributed by atoms with Gasteiger partial charge >= 0.3 is 0 Å². The highest BCUT2D eigenvalue weighted by molar-refractivity contribution is 5.11. The number of aryl methyl sites for hydroxylation is 2. The van der Waals surface area contributed by atoms with Crippen LogP contribution in [0.25, 0.3) is 0 Å². The number of imidazole rings is 1. The first-order chi connectivity index (χ1) is 5.75. The molecule has 2 heterocycles. The highest BCUT2D eigenvalue weighted by atomic mass is 15.0. The van der Waals surface area contributed by atoms with Crippen molar-refractivity contribution < 1.29 is 0 Å². The predicted molar refractivity (Wildman–Crippen MR) is 48.1 cm³/mol. The summed E-state index contributed by atoms with van der Waals surface area (Å²) in [5.41, 5.74) is 2.34. The van der Waals surface area contributed by atoms with Crippen LogP contribution in [-0.4, -0.2) is 23.1 Å². The summed E-state index contributed by atoms with van der Waals surface area (Å²) < 4.78 is 0. The van der Waals surface area contributed by atoms with Gasteiger partial charge in [-0.1, -0.05) is 0 Å². The van der Waals surface area contributed by atoms with Gasteiger partial charge in [0.1, 0.15) is 5.82 Å². The van der Waals surface area contributed by atoms with Gasteiger partial charge in [-0.25, -0.2) is 4.98 Å². The molecule has 2 N–H and O–H groups in total. The van der Waals surface area contributed by atoms with Crippen LogP contribution in [-0.2, 0) is 6.42 Å². The number of rotatable bonds is 2. The van der Waals surface area contributed by atoms with E-state index in [-0.39, 0.29) is 0 Å². The topological polar surface area (TPSA) is 40.7 Å². The largest absolute Gasteiger partial charge is 0.346 e. The smallest absolute Gasteiger partial charge is 0.106 e. The van der Waals surface area contributed by atoms with Crippen molar-refractivity contribution >= 4 is 0 Å². The first-order valence-electron chi connectivity index (χ1n) is 4.48. The lowest BCUT2D eigenvalue weighted by Gasteiger charge is -2.25. The van der Waals surface area contributed by atoms with Gasteiger partial charge in [0, 0.05) is 12.1 Å². The third-order valence-corrected chi connectivity index (χ3v) is 2.53. The summed E-state index contributed by atoms with van der Waals surface area (Å²) in [6.07, 6.45) is 1.10. The molecule has 1 aromatic heterocycles. The summed E-state index contributed by atoms with van der Waals surface area (Å²) >= 11 is 0. The van der Waals surface area contributed by atoms with Gasteiger partial charge in [-0.15, -0.1) is 0 Å². The second-order valence-corrected chi connectivity index (χ2v) is 3.62. The molecule has 1 aliphatic rings. The molecule has 66 valence electrons. The van der Waals surface area contributed by atoms with Gasteiger partial charge in [0.25, 0.3) is 0 Å². The van der Waals surface area contributed by atoms with Gasteiger partial charge in [-0.3, -0.25) is 0 Å². The molecule has 0 amide bonds. The molecule has 2 rings (SSSR count). The molecule has 0 radical (unpaired) electrons. The first-order valence-corrected chi connectivity index (χ1v) is 4.48. The van der Waals surface area contributed by atoms with Crippen molar-refractivity contribution in [2.75, 3.05) is 13.1 Å². The van der Waals surface area contributed by atoms with E-state index < -0.39 is 0 Å². The molecule has 0 saturated carbocycles. The van der Waals surface area contributed by atoms with E-state index in [1.165, 1.54) is 5.69 Å². The first kappa shape index (κ1) is 7.80. The molecule has 0 spiro atoms. The SMILES string of the molecule is Cc1nc(CC2CNC2)[nH]c1C. The lowest BCUT2D eigenvalue weighted by molar-refractivity contribution is 0.341. The zero-order chi connectivity index (χ0) is 8.55. The minimum atomic E-state index is 0.801. The van der Waals surface area contributed by atoms with Crippen molar-refractivity contribution in [3.05, 3.63) is 17.2 Å². The molecular weight excluding hydrogens is 150 g/mol. The molecule has 12 heavy (non-hydrogen) atoms. The van der Waals surface area contributed by atoms with E-state index >= 15 is 0 Å². The van der Waals surface area contributed by atoms with E-state index in [4.69, 9.17) is 0 Å². The third-order valence-electron chi connectivity index (χ3n) is 2.53. The predicted octanol–water partition coefficient (Wildman–Crippen LogP) is 0.788. The van der Waals surface area contributed by atoms with Gasteiger partial charge in [0.05, 0.1) is 5.69 Å². The zero-order valence-electron chi connectivity index (χ0n) is 7.65. The Hall–Kier alpha value is -0.830. The van der Waals surface area contributed by atoms with Crippen molar-refractivity contribution in [3.8, 4) is 0 Å². The normalized spacial score (nSPS) is 17.8. The fourth-order valence-electron chi connectivity index (χ4n) is 1.48. The maximum absolute atomic E-state index is 4.45. The Kier molecular flexibility index (Phi) is 1.89. The number of nitrogens with zero attached hydrogens (tertiary/aromatic N) is 1. The monoisotopic (exact) mass is 165 g/mol. The van der Waals surface area contributed by atoms with Crippen molar-refractivity contribution in [2.24, 2.45) is 5.92 Å². The van der Waals surface area contributed by atoms with Crippen molar-refractivity contribution in [1.82, 2.24) is 15.3 Å². The second-order valence-electron chi connectivity index (χ2n) is 3.62. The molecule has 0 aromatic carbocycles. The van der Waals surface area contributed by atoms with Crippen LogP contribution < -0.4 is 5.32 Å². The number of hydrogen-bond donors (Lipinski definition) is 2. The van der Waals surface area contributed by atoms with E-state index in [9.17, 15) is 0 Å². The standard InChI is InChI=1S/C9H15N3/c1-6-7(2)12-9(11-6)3-8-4-10-5-8/h8,10H,3-5H2,1-2H3,(H,11,12). The Labute approximate surface area is 72.6 Å². The Morgan fingerprint density at radius 2 is 2.17 bits per heavy atom. The van der Waals surface area contributed by atoms with Crippen LogP contribution in [0.5, 0.6) is 0 Å². The van der Waals surface area contributed by atoms with Gasteiger partial charge in [0.2, 0.25) is 0 Å². The van der Waals surface area contributed by atoms with Gasteiger partial charge in [0.15, 0.2) is 0 Å². The fraction of sp³-hybridized carbons (Fsp3) is 0.667. The number of nitrogens with one attached hydrogen (secondary N) is 2. The molecule has 1 aliphatic heterocycles. The molecule has 3 nitrogen and oxygen atoms in total. The van der Waals surface area contributed by atoms with Gasteiger partial charge < -0.3 is 10.3 Å². The molecule has 0 unspecified atom stereocenters. The van der Waals surface area contributed by atoms with Crippen LogP contribution in [0.2, 0.25) is 0 Å².